The maximum Gasteiger partial charge on any atom is 0.255 e. The van der Waals surface area contributed by atoms with Gasteiger partial charge in [-0.25, -0.2) is 8.61 Å². The molecule has 3 aromatic rings. The molecule has 1 amide bonds. The van der Waals surface area contributed by atoms with Crippen LogP contribution >= 0.6 is 12.1 Å². The van der Waals surface area contributed by atoms with Crippen LogP contribution in [0.2, 0.25) is 0 Å². The van der Waals surface area contributed by atoms with Crippen molar-refractivity contribution < 1.29 is 14.3 Å². The number of methoxy groups -OCH3 is 1. The number of ether oxygens (including phenoxy) is 2. The fourth-order valence-electron chi connectivity index (χ4n) is 5.63. The highest BCUT2D eigenvalue weighted by Crippen LogP contribution is 2.42. The van der Waals surface area contributed by atoms with Gasteiger partial charge in [-0.2, -0.15) is 0 Å². The van der Waals surface area contributed by atoms with Crippen LogP contribution in [0.1, 0.15) is 47.3 Å². The third-order valence-corrected chi connectivity index (χ3v) is 9.11. The van der Waals surface area contributed by atoms with Gasteiger partial charge in [0.15, 0.2) is 0 Å². The zero-order valence-corrected chi connectivity index (χ0v) is 23.4. The van der Waals surface area contributed by atoms with Crippen LogP contribution in [0, 0.1) is 0 Å². The standard InChI is InChI=1S/C31H38N4O3S/c1-37-29-13-6-5-12-28(29)30(36)33-24-31(25-9-3-2-4-10-25)16-14-27(15-17-31)35(23-26-11-7-8-18-32-26)39-34-19-21-38-22-20-34/h2-13,18,27H,14-17,19-24H2,1H3,(H,33,36). The smallest absolute Gasteiger partial charge is 0.255 e. The monoisotopic (exact) mass is 546 g/mol. The first-order chi connectivity index (χ1) is 19.2. The van der Waals surface area contributed by atoms with Gasteiger partial charge in [0, 0.05) is 49.4 Å². The molecule has 2 fully saturated rings. The summed E-state index contributed by atoms with van der Waals surface area (Å²) < 4.78 is 16.0. The first-order valence-electron chi connectivity index (χ1n) is 13.8. The molecule has 206 valence electrons. The van der Waals surface area contributed by atoms with E-state index in [1.54, 1.807) is 7.11 Å². The van der Waals surface area contributed by atoms with Crippen LogP contribution in [0.5, 0.6) is 5.75 Å². The fraction of sp³-hybridized carbons (Fsp3) is 0.419. The van der Waals surface area contributed by atoms with E-state index >= 15 is 0 Å². The predicted octanol–water partition coefficient (Wildman–Crippen LogP) is 5.10. The summed E-state index contributed by atoms with van der Waals surface area (Å²) in [6, 6.07) is 24.7. The predicted molar refractivity (Wildman–Crippen MR) is 155 cm³/mol. The average Bonchev–Trinajstić information content (AvgIpc) is 3.01. The molecule has 2 heterocycles. The molecule has 1 aliphatic carbocycles. The van der Waals surface area contributed by atoms with E-state index in [2.05, 4.69) is 61.4 Å². The number of hydrogen-bond donors (Lipinski definition) is 1. The lowest BCUT2D eigenvalue weighted by atomic mass is 9.68. The van der Waals surface area contributed by atoms with Gasteiger partial charge in [-0.15, -0.1) is 0 Å². The Kier molecular flexibility index (Phi) is 9.53. The molecule has 1 saturated heterocycles. The molecule has 1 aliphatic heterocycles. The van der Waals surface area contributed by atoms with Crippen LogP contribution in [0.25, 0.3) is 0 Å². The van der Waals surface area contributed by atoms with E-state index < -0.39 is 0 Å². The van der Waals surface area contributed by atoms with Gasteiger partial charge < -0.3 is 14.8 Å². The SMILES string of the molecule is COc1ccccc1C(=O)NCC1(c2ccccc2)CCC(N(Cc2ccccn2)SN2CCOCC2)CC1. The zero-order valence-electron chi connectivity index (χ0n) is 22.6. The average molecular weight is 547 g/mol. The van der Waals surface area contributed by atoms with E-state index in [0.29, 0.717) is 23.9 Å². The number of morpholine rings is 1. The van der Waals surface area contributed by atoms with Crippen LogP contribution in [0.15, 0.2) is 79.0 Å². The van der Waals surface area contributed by atoms with Crippen molar-refractivity contribution in [2.75, 3.05) is 40.0 Å². The van der Waals surface area contributed by atoms with Gasteiger partial charge in [0.1, 0.15) is 5.75 Å². The lowest BCUT2D eigenvalue weighted by Gasteiger charge is -2.44. The van der Waals surface area contributed by atoms with Crippen LogP contribution in [0.4, 0.5) is 0 Å². The van der Waals surface area contributed by atoms with Gasteiger partial charge in [-0.1, -0.05) is 48.5 Å². The van der Waals surface area contributed by atoms with Crippen LogP contribution in [0.3, 0.4) is 0 Å². The van der Waals surface area contributed by atoms with Crippen molar-refractivity contribution in [1.82, 2.24) is 18.9 Å². The van der Waals surface area contributed by atoms with Gasteiger partial charge in [0.25, 0.3) is 5.91 Å². The quantitative estimate of drug-likeness (QED) is 0.355. The first-order valence-corrected chi connectivity index (χ1v) is 14.5. The second-order valence-corrected chi connectivity index (χ2v) is 11.4. The van der Waals surface area contributed by atoms with Gasteiger partial charge in [-0.05, 0) is 55.5 Å². The van der Waals surface area contributed by atoms with E-state index in [9.17, 15) is 4.79 Å². The van der Waals surface area contributed by atoms with Gasteiger partial charge >= 0.3 is 0 Å². The largest absolute Gasteiger partial charge is 0.496 e. The van der Waals surface area contributed by atoms with Gasteiger partial charge in [0.2, 0.25) is 0 Å². The number of nitrogens with one attached hydrogen (secondary N) is 1. The van der Waals surface area contributed by atoms with Gasteiger partial charge in [-0.3, -0.25) is 9.78 Å². The van der Waals surface area contributed by atoms with E-state index in [4.69, 9.17) is 9.47 Å². The molecule has 0 spiro atoms. The Balaban J connectivity index is 1.31. The highest BCUT2D eigenvalue weighted by Gasteiger charge is 2.39. The molecule has 5 rings (SSSR count). The number of nitrogens with zero attached hydrogens (tertiary/aromatic N) is 3. The number of benzene rings is 2. The number of rotatable bonds is 10. The minimum absolute atomic E-state index is 0.0930. The summed E-state index contributed by atoms with van der Waals surface area (Å²) in [7, 11) is 1.60. The minimum atomic E-state index is -0.115. The zero-order chi connectivity index (χ0) is 26.9. The Labute approximate surface area is 236 Å². The molecule has 1 aromatic heterocycles. The Morgan fingerprint density at radius 1 is 1.05 bits per heavy atom. The number of carbonyl (C=O) groups excluding carboxylic acids is 1. The van der Waals surface area contributed by atoms with Crippen molar-refractivity contribution >= 4 is 18.0 Å². The Morgan fingerprint density at radius 2 is 1.77 bits per heavy atom. The Hall–Kier alpha value is -2.91. The summed E-state index contributed by atoms with van der Waals surface area (Å²) in [6.45, 7) is 4.81. The van der Waals surface area contributed by atoms with Crippen molar-refractivity contribution in [2.45, 2.75) is 43.7 Å². The highest BCUT2D eigenvalue weighted by atomic mass is 32.2. The summed E-state index contributed by atoms with van der Waals surface area (Å²) >= 11 is 1.85. The van der Waals surface area contributed by atoms with E-state index in [0.717, 1.165) is 64.2 Å². The number of amides is 1. The lowest BCUT2D eigenvalue weighted by molar-refractivity contribution is 0.0742. The number of carbonyl (C=O) groups is 1. The van der Waals surface area contributed by atoms with Crippen molar-refractivity contribution in [1.29, 1.82) is 0 Å². The molecule has 1 N–H and O–H groups in total. The first kappa shape index (κ1) is 27.6. The number of hydrogen-bond acceptors (Lipinski definition) is 7. The van der Waals surface area contributed by atoms with Crippen LogP contribution in [-0.2, 0) is 16.7 Å². The van der Waals surface area contributed by atoms with E-state index in [1.807, 2.05) is 48.7 Å². The summed E-state index contributed by atoms with van der Waals surface area (Å²) in [6.07, 6.45) is 5.96. The summed E-state index contributed by atoms with van der Waals surface area (Å²) in [5.41, 5.74) is 2.83. The third kappa shape index (κ3) is 7.00. The van der Waals surface area contributed by atoms with Crippen molar-refractivity contribution in [2.24, 2.45) is 0 Å². The highest BCUT2D eigenvalue weighted by molar-refractivity contribution is 7.94. The Morgan fingerprint density at radius 3 is 2.49 bits per heavy atom. The number of pyridine rings is 1. The molecule has 2 aliphatic rings. The second-order valence-electron chi connectivity index (χ2n) is 10.3. The normalized spacial score (nSPS) is 21.9. The maximum absolute atomic E-state index is 13.2. The molecule has 0 atom stereocenters. The number of para-hydroxylation sites is 1. The topological polar surface area (TPSA) is 66.9 Å². The van der Waals surface area contributed by atoms with Crippen molar-refractivity contribution in [3.8, 4) is 5.75 Å². The minimum Gasteiger partial charge on any atom is -0.496 e. The lowest BCUT2D eigenvalue weighted by Crippen LogP contribution is -2.47. The summed E-state index contributed by atoms with van der Waals surface area (Å²) in [4.78, 5) is 17.8. The maximum atomic E-state index is 13.2. The molecule has 0 radical (unpaired) electrons. The van der Waals surface area contributed by atoms with Crippen molar-refractivity contribution in [3.63, 3.8) is 0 Å². The van der Waals surface area contributed by atoms with E-state index in [1.165, 1.54) is 5.56 Å². The van der Waals surface area contributed by atoms with Gasteiger partial charge in [0.05, 0.1) is 38.1 Å². The van der Waals surface area contributed by atoms with Crippen molar-refractivity contribution in [3.05, 3.63) is 95.8 Å². The van der Waals surface area contributed by atoms with Crippen LogP contribution < -0.4 is 10.1 Å². The second kappa shape index (κ2) is 13.4. The molecule has 2 aromatic carbocycles. The summed E-state index contributed by atoms with van der Waals surface area (Å²) in [5, 5.41) is 3.26. The fourth-order valence-corrected chi connectivity index (χ4v) is 6.77. The molecular formula is C31H38N4O3S. The molecule has 0 unspecified atom stereocenters. The third-order valence-electron chi connectivity index (χ3n) is 7.88. The van der Waals surface area contributed by atoms with Crippen LogP contribution in [-0.4, -0.2) is 65.5 Å². The molecule has 7 nitrogen and oxygen atoms in total. The summed E-state index contributed by atoms with van der Waals surface area (Å²) in [5.74, 6) is 0.502. The molecular weight excluding hydrogens is 508 g/mol. The molecule has 8 heteroatoms. The Bertz CT molecular complexity index is 1180. The molecule has 1 saturated carbocycles. The molecule has 0 bridgehead atoms. The molecule has 39 heavy (non-hydrogen) atoms. The van der Waals surface area contributed by atoms with E-state index in [-0.39, 0.29) is 11.3 Å². The number of aromatic nitrogens is 1.